The molecule has 0 amide bonds. The molecule has 0 spiro atoms. The summed E-state index contributed by atoms with van der Waals surface area (Å²) in [5.41, 5.74) is 2.79. The highest BCUT2D eigenvalue weighted by molar-refractivity contribution is 6.33. The Hall–Kier alpha value is -1.98. The molecular formula is C17H17ClN2. The molecular weight excluding hydrogens is 268 g/mol. The summed E-state index contributed by atoms with van der Waals surface area (Å²) >= 11 is 6.32. The van der Waals surface area contributed by atoms with E-state index < -0.39 is 0 Å². The molecule has 0 heterocycles. The van der Waals surface area contributed by atoms with Crippen LogP contribution >= 0.6 is 11.6 Å². The number of benzene rings is 2. The molecule has 2 aromatic carbocycles. The van der Waals surface area contributed by atoms with Gasteiger partial charge in [0.15, 0.2) is 0 Å². The number of rotatable bonds is 4. The Balaban J connectivity index is 2.32. The second-order valence-corrected chi connectivity index (χ2v) is 5.39. The van der Waals surface area contributed by atoms with Crippen LogP contribution < -0.4 is 4.90 Å². The van der Waals surface area contributed by atoms with Gasteiger partial charge in [-0.25, -0.2) is 0 Å². The Kier molecular flexibility index (Phi) is 4.65. The summed E-state index contributed by atoms with van der Waals surface area (Å²) in [6, 6.07) is 18.2. The van der Waals surface area contributed by atoms with Gasteiger partial charge in [-0.05, 0) is 37.6 Å². The van der Waals surface area contributed by atoms with Crippen molar-refractivity contribution in [1.29, 1.82) is 5.26 Å². The number of anilines is 1. The van der Waals surface area contributed by atoms with Crippen molar-refractivity contribution in [2.45, 2.75) is 26.4 Å². The average Bonchev–Trinajstić information content (AvgIpc) is 2.46. The standard InChI is InChI=1S/C17H17ClN2/c1-13(2)20(12-14-6-4-3-5-7-14)17-9-8-15(11-19)10-16(17)18/h3-10,13H,12H2,1-2H3. The van der Waals surface area contributed by atoms with Crippen LogP contribution in [0.25, 0.3) is 0 Å². The minimum Gasteiger partial charge on any atom is -0.364 e. The lowest BCUT2D eigenvalue weighted by atomic mass is 10.1. The zero-order chi connectivity index (χ0) is 14.5. The van der Waals surface area contributed by atoms with Gasteiger partial charge in [0.05, 0.1) is 22.3 Å². The minimum absolute atomic E-state index is 0.320. The van der Waals surface area contributed by atoms with Gasteiger partial charge in [-0.2, -0.15) is 5.26 Å². The zero-order valence-corrected chi connectivity index (χ0v) is 12.4. The summed E-state index contributed by atoms with van der Waals surface area (Å²) in [4.78, 5) is 2.23. The lowest BCUT2D eigenvalue weighted by Gasteiger charge is -2.30. The molecule has 20 heavy (non-hydrogen) atoms. The Morgan fingerprint density at radius 2 is 1.85 bits per heavy atom. The molecule has 102 valence electrons. The van der Waals surface area contributed by atoms with E-state index in [1.54, 1.807) is 6.07 Å². The van der Waals surface area contributed by atoms with E-state index in [-0.39, 0.29) is 0 Å². The summed E-state index contributed by atoms with van der Waals surface area (Å²) in [6.45, 7) is 5.07. The van der Waals surface area contributed by atoms with Gasteiger partial charge >= 0.3 is 0 Å². The predicted octanol–water partition coefficient (Wildman–Crippen LogP) is 4.63. The van der Waals surface area contributed by atoms with Gasteiger partial charge in [0.2, 0.25) is 0 Å². The van der Waals surface area contributed by atoms with Crippen molar-refractivity contribution in [3.05, 3.63) is 64.7 Å². The molecule has 0 fully saturated rings. The van der Waals surface area contributed by atoms with Gasteiger partial charge in [-0.15, -0.1) is 0 Å². The van der Waals surface area contributed by atoms with Gasteiger partial charge in [-0.3, -0.25) is 0 Å². The lowest BCUT2D eigenvalue weighted by molar-refractivity contribution is 0.682. The van der Waals surface area contributed by atoms with E-state index in [0.29, 0.717) is 16.6 Å². The monoisotopic (exact) mass is 284 g/mol. The Morgan fingerprint density at radius 3 is 2.40 bits per heavy atom. The van der Waals surface area contributed by atoms with Crippen LogP contribution in [-0.4, -0.2) is 6.04 Å². The molecule has 0 aromatic heterocycles. The fraction of sp³-hybridized carbons (Fsp3) is 0.235. The molecule has 3 heteroatoms. The first-order valence-electron chi connectivity index (χ1n) is 6.62. The molecule has 2 aromatic rings. The molecule has 0 atom stereocenters. The second-order valence-electron chi connectivity index (χ2n) is 4.99. The van der Waals surface area contributed by atoms with Crippen LogP contribution in [0, 0.1) is 11.3 Å². The Morgan fingerprint density at radius 1 is 1.15 bits per heavy atom. The average molecular weight is 285 g/mol. The number of nitrogens with zero attached hydrogens (tertiary/aromatic N) is 2. The van der Waals surface area contributed by atoms with Crippen molar-refractivity contribution in [3.63, 3.8) is 0 Å². The molecule has 0 bridgehead atoms. The first kappa shape index (κ1) is 14.4. The van der Waals surface area contributed by atoms with E-state index in [2.05, 4.69) is 36.9 Å². The van der Waals surface area contributed by atoms with Gasteiger partial charge in [0, 0.05) is 12.6 Å². The maximum atomic E-state index is 8.91. The normalized spacial score (nSPS) is 10.3. The van der Waals surface area contributed by atoms with Crippen molar-refractivity contribution < 1.29 is 0 Å². The summed E-state index contributed by atoms with van der Waals surface area (Å²) < 4.78 is 0. The molecule has 0 saturated carbocycles. The van der Waals surface area contributed by atoms with Crippen molar-refractivity contribution in [2.75, 3.05) is 4.90 Å². The highest BCUT2D eigenvalue weighted by Gasteiger charge is 2.14. The molecule has 0 saturated heterocycles. The topological polar surface area (TPSA) is 27.0 Å². The van der Waals surface area contributed by atoms with Crippen molar-refractivity contribution >= 4 is 17.3 Å². The van der Waals surface area contributed by atoms with Gasteiger partial charge in [-0.1, -0.05) is 41.9 Å². The van der Waals surface area contributed by atoms with Gasteiger partial charge < -0.3 is 4.90 Å². The maximum absolute atomic E-state index is 8.91. The number of halogens is 1. The summed E-state index contributed by atoms with van der Waals surface area (Å²) in [5, 5.41) is 9.53. The van der Waals surface area contributed by atoms with Crippen LogP contribution in [0.1, 0.15) is 25.0 Å². The lowest BCUT2D eigenvalue weighted by Crippen LogP contribution is -2.30. The Bertz CT molecular complexity index is 615. The number of hydrogen-bond donors (Lipinski definition) is 0. The maximum Gasteiger partial charge on any atom is 0.0992 e. The molecule has 0 N–H and O–H groups in total. The van der Waals surface area contributed by atoms with Crippen LogP contribution in [0.3, 0.4) is 0 Å². The van der Waals surface area contributed by atoms with E-state index in [1.165, 1.54) is 5.56 Å². The van der Waals surface area contributed by atoms with E-state index in [4.69, 9.17) is 16.9 Å². The van der Waals surface area contributed by atoms with Crippen molar-refractivity contribution in [2.24, 2.45) is 0 Å². The predicted molar refractivity (Wildman–Crippen MR) is 83.9 cm³/mol. The minimum atomic E-state index is 0.320. The van der Waals surface area contributed by atoms with E-state index >= 15 is 0 Å². The van der Waals surface area contributed by atoms with E-state index in [9.17, 15) is 0 Å². The van der Waals surface area contributed by atoms with Gasteiger partial charge in [0.1, 0.15) is 0 Å². The molecule has 2 nitrogen and oxygen atoms in total. The molecule has 0 radical (unpaired) electrons. The van der Waals surface area contributed by atoms with Crippen LogP contribution in [0.2, 0.25) is 5.02 Å². The van der Waals surface area contributed by atoms with E-state index in [0.717, 1.165) is 12.2 Å². The number of nitriles is 1. The fourth-order valence-corrected chi connectivity index (χ4v) is 2.42. The third kappa shape index (κ3) is 3.31. The highest BCUT2D eigenvalue weighted by atomic mass is 35.5. The molecule has 0 aliphatic heterocycles. The SMILES string of the molecule is CC(C)N(Cc1ccccc1)c1ccc(C#N)cc1Cl. The van der Waals surface area contributed by atoms with Crippen molar-refractivity contribution in [3.8, 4) is 6.07 Å². The van der Waals surface area contributed by atoms with Crippen LogP contribution in [0.5, 0.6) is 0 Å². The summed E-state index contributed by atoms with van der Waals surface area (Å²) in [7, 11) is 0. The smallest absolute Gasteiger partial charge is 0.0992 e. The van der Waals surface area contributed by atoms with E-state index in [1.807, 2.05) is 30.3 Å². The van der Waals surface area contributed by atoms with Gasteiger partial charge in [0.25, 0.3) is 0 Å². The van der Waals surface area contributed by atoms with Crippen LogP contribution in [-0.2, 0) is 6.54 Å². The largest absolute Gasteiger partial charge is 0.364 e. The van der Waals surface area contributed by atoms with Crippen molar-refractivity contribution in [1.82, 2.24) is 0 Å². The third-order valence-corrected chi connectivity index (χ3v) is 3.51. The first-order chi connectivity index (χ1) is 9.61. The highest BCUT2D eigenvalue weighted by Crippen LogP contribution is 2.29. The fourth-order valence-electron chi connectivity index (χ4n) is 2.14. The number of hydrogen-bond acceptors (Lipinski definition) is 2. The van der Waals surface area contributed by atoms with Crippen LogP contribution in [0.15, 0.2) is 48.5 Å². The summed E-state index contributed by atoms with van der Waals surface area (Å²) in [5.74, 6) is 0. The zero-order valence-electron chi connectivity index (χ0n) is 11.7. The molecule has 0 aliphatic rings. The first-order valence-corrected chi connectivity index (χ1v) is 7.00. The molecule has 0 aliphatic carbocycles. The Labute approximate surface area is 125 Å². The molecule has 2 rings (SSSR count). The second kappa shape index (κ2) is 6.45. The van der Waals surface area contributed by atoms with Crippen LogP contribution in [0.4, 0.5) is 5.69 Å². The quantitative estimate of drug-likeness (QED) is 0.819. The third-order valence-electron chi connectivity index (χ3n) is 3.21. The molecule has 0 unspecified atom stereocenters. The summed E-state index contributed by atoms with van der Waals surface area (Å²) in [6.07, 6.45) is 0.